The Kier molecular flexibility index (Phi) is 4.95. The Morgan fingerprint density at radius 1 is 1.20 bits per heavy atom. The molecule has 1 atom stereocenters. The summed E-state index contributed by atoms with van der Waals surface area (Å²) in [5, 5.41) is 4.83. The van der Waals surface area contributed by atoms with Gasteiger partial charge in [-0.15, -0.1) is 11.3 Å². The predicted molar refractivity (Wildman–Crippen MR) is 87.6 cm³/mol. The van der Waals surface area contributed by atoms with Gasteiger partial charge in [0, 0.05) is 4.88 Å². The van der Waals surface area contributed by atoms with Crippen LogP contribution in [0.25, 0.3) is 0 Å². The molecule has 0 fully saturated rings. The summed E-state index contributed by atoms with van der Waals surface area (Å²) in [4.78, 5) is 5.94. The van der Waals surface area contributed by atoms with Gasteiger partial charge in [-0.25, -0.2) is 4.98 Å². The van der Waals surface area contributed by atoms with E-state index in [4.69, 9.17) is 0 Å². The molecule has 0 bridgehead atoms. The first kappa shape index (κ1) is 15.2. The van der Waals surface area contributed by atoms with E-state index in [1.54, 1.807) is 0 Å². The van der Waals surface area contributed by atoms with Crippen LogP contribution in [-0.2, 0) is 0 Å². The summed E-state index contributed by atoms with van der Waals surface area (Å²) >= 11 is 1.81. The molecule has 1 aromatic heterocycles. The summed E-state index contributed by atoms with van der Waals surface area (Å²) in [6.45, 7) is 11.8. The van der Waals surface area contributed by atoms with Crippen molar-refractivity contribution in [3.05, 3.63) is 50.5 Å². The van der Waals surface area contributed by atoms with Crippen molar-refractivity contribution in [3.8, 4) is 0 Å². The van der Waals surface area contributed by atoms with Crippen LogP contribution in [0.2, 0.25) is 0 Å². The highest BCUT2D eigenvalue weighted by Gasteiger charge is 2.20. The van der Waals surface area contributed by atoms with Crippen LogP contribution >= 0.6 is 11.3 Å². The Labute approximate surface area is 126 Å². The van der Waals surface area contributed by atoms with Gasteiger partial charge in [0.1, 0.15) is 0 Å². The molecular weight excluding hydrogens is 264 g/mol. The van der Waals surface area contributed by atoms with Crippen LogP contribution in [0, 0.1) is 27.7 Å². The molecule has 1 N–H and O–H groups in total. The van der Waals surface area contributed by atoms with Crippen molar-refractivity contribution in [2.75, 3.05) is 6.54 Å². The van der Waals surface area contributed by atoms with Crippen molar-refractivity contribution in [2.45, 2.75) is 47.1 Å². The molecule has 0 aliphatic rings. The SMILES string of the molecule is CCCNC(c1ccc(C)cc1C)c1sc(C)nc1C. The van der Waals surface area contributed by atoms with E-state index in [2.05, 4.69) is 63.1 Å². The summed E-state index contributed by atoms with van der Waals surface area (Å²) in [6.07, 6.45) is 1.14. The van der Waals surface area contributed by atoms with Gasteiger partial charge in [-0.3, -0.25) is 0 Å². The van der Waals surface area contributed by atoms with E-state index < -0.39 is 0 Å². The zero-order chi connectivity index (χ0) is 14.7. The lowest BCUT2D eigenvalue weighted by atomic mass is 9.97. The van der Waals surface area contributed by atoms with Gasteiger partial charge in [-0.1, -0.05) is 30.7 Å². The van der Waals surface area contributed by atoms with Crippen LogP contribution in [0.3, 0.4) is 0 Å². The molecule has 2 nitrogen and oxygen atoms in total. The average molecular weight is 288 g/mol. The minimum Gasteiger partial charge on any atom is -0.306 e. The maximum Gasteiger partial charge on any atom is 0.0900 e. The monoisotopic (exact) mass is 288 g/mol. The first-order valence-corrected chi connectivity index (χ1v) is 8.09. The molecule has 1 aromatic carbocycles. The van der Waals surface area contributed by atoms with Gasteiger partial charge >= 0.3 is 0 Å². The third-order valence-electron chi connectivity index (χ3n) is 3.54. The number of nitrogens with one attached hydrogen (secondary N) is 1. The number of hydrogen-bond donors (Lipinski definition) is 1. The zero-order valence-corrected chi connectivity index (χ0v) is 13.9. The van der Waals surface area contributed by atoms with E-state index >= 15 is 0 Å². The second-order valence-corrected chi connectivity index (χ2v) is 6.66. The average Bonchev–Trinajstić information content (AvgIpc) is 2.71. The Balaban J connectivity index is 2.44. The number of hydrogen-bond acceptors (Lipinski definition) is 3. The molecule has 0 spiro atoms. The van der Waals surface area contributed by atoms with E-state index in [-0.39, 0.29) is 6.04 Å². The van der Waals surface area contributed by atoms with Crippen molar-refractivity contribution in [3.63, 3.8) is 0 Å². The molecule has 1 heterocycles. The quantitative estimate of drug-likeness (QED) is 0.878. The van der Waals surface area contributed by atoms with E-state index in [1.807, 2.05) is 11.3 Å². The van der Waals surface area contributed by atoms with E-state index in [0.29, 0.717) is 0 Å². The molecule has 0 saturated heterocycles. The normalized spacial score (nSPS) is 12.7. The third kappa shape index (κ3) is 3.28. The third-order valence-corrected chi connectivity index (χ3v) is 4.67. The molecule has 0 amide bonds. The lowest BCUT2D eigenvalue weighted by molar-refractivity contribution is 0.600. The Bertz CT molecular complexity index is 587. The smallest absolute Gasteiger partial charge is 0.0900 e. The van der Waals surface area contributed by atoms with Gasteiger partial charge in [0.2, 0.25) is 0 Å². The minimum atomic E-state index is 0.266. The fourth-order valence-corrected chi connectivity index (χ4v) is 3.62. The lowest BCUT2D eigenvalue weighted by Crippen LogP contribution is -2.23. The molecule has 2 rings (SSSR count). The predicted octanol–water partition coefficient (Wildman–Crippen LogP) is 4.47. The molecule has 0 saturated carbocycles. The van der Waals surface area contributed by atoms with Crippen LogP contribution in [0.1, 0.15) is 51.7 Å². The summed E-state index contributed by atoms with van der Waals surface area (Å²) in [5.74, 6) is 0. The second-order valence-electron chi connectivity index (χ2n) is 5.43. The van der Waals surface area contributed by atoms with Gasteiger partial charge in [0.05, 0.1) is 16.7 Å². The summed E-state index contributed by atoms with van der Waals surface area (Å²) in [6, 6.07) is 6.99. The van der Waals surface area contributed by atoms with Crippen molar-refractivity contribution in [2.24, 2.45) is 0 Å². The van der Waals surface area contributed by atoms with Crippen LogP contribution < -0.4 is 5.32 Å². The first-order chi connectivity index (χ1) is 9.52. The molecule has 20 heavy (non-hydrogen) atoms. The maximum absolute atomic E-state index is 4.59. The number of rotatable bonds is 5. The highest BCUT2D eigenvalue weighted by Crippen LogP contribution is 2.31. The topological polar surface area (TPSA) is 24.9 Å². The van der Waals surface area contributed by atoms with E-state index in [0.717, 1.165) is 23.7 Å². The highest BCUT2D eigenvalue weighted by atomic mass is 32.1. The van der Waals surface area contributed by atoms with Crippen molar-refractivity contribution in [1.82, 2.24) is 10.3 Å². The molecule has 108 valence electrons. The van der Waals surface area contributed by atoms with Gasteiger partial charge < -0.3 is 5.32 Å². The fraction of sp³-hybridized carbons (Fsp3) is 0.471. The molecule has 3 heteroatoms. The van der Waals surface area contributed by atoms with E-state index in [1.165, 1.54) is 21.6 Å². The summed E-state index contributed by atoms with van der Waals surface area (Å²) in [5.41, 5.74) is 5.19. The molecule has 1 unspecified atom stereocenters. The van der Waals surface area contributed by atoms with Gasteiger partial charge in [-0.05, 0) is 51.8 Å². The van der Waals surface area contributed by atoms with Crippen molar-refractivity contribution in [1.29, 1.82) is 0 Å². The molecule has 0 radical (unpaired) electrons. The summed E-state index contributed by atoms with van der Waals surface area (Å²) in [7, 11) is 0. The number of nitrogens with zero attached hydrogens (tertiary/aromatic N) is 1. The Morgan fingerprint density at radius 3 is 2.50 bits per heavy atom. The number of thiazole rings is 1. The summed E-state index contributed by atoms with van der Waals surface area (Å²) < 4.78 is 0. The largest absolute Gasteiger partial charge is 0.306 e. The number of aryl methyl sites for hydroxylation is 4. The van der Waals surface area contributed by atoms with E-state index in [9.17, 15) is 0 Å². The molecule has 2 aromatic rings. The van der Waals surface area contributed by atoms with Crippen LogP contribution in [0.5, 0.6) is 0 Å². The fourth-order valence-electron chi connectivity index (χ4n) is 2.60. The molecule has 0 aliphatic carbocycles. The standard InChI is InChI=1S/C17H24N2S/c1-6-9-18-16(17-13(4)19-14(5)20-17)15-8-7-11(2)10-12(15)3/h7-8,10,16,18H,6,9H2,1-5H3. The highest BCUT2D eigenvalue weighted by molar-refractivity contribution is 7.11. The Hall–Kier alpha value is -1.19. The zero-order valence-electron chi connectivity index (χ0n) is 13.1. The van der Waals surface area contributed by atoms with Crippen LogP contribution in [0.4, 0.5) is 0 Å². The van der Waals surface area contributed by atoms with Crippen molar-refractivity contribution < 1.29 is 0 Å². The van der Waals surface area contributed by atoms with Gasteiger partial charge in [0.15, 0.2) is 0 Å². The van der Waals surface area contributed by atoms with Gasteiger partial charge in [-0.2, -0.15) is 0 Å². The van der Waals surface area contributed by atoms with Crippen LogP contribution in [-0.4, -0.2) is 11.5 Å². The lowest BCUT2D eigenvalue weighted by Gasteiger charge is -2.20. The number of aromatic nitrogens is 1. The minimum absolute atomic E-state index is 0.266. The Morgan fingerprint density at radius 2 is 1.95 bits per heavy atom. The van der Waals surface area contributed by atoms with Gasteiger partial charge in [0.25, 0.3) is 0 Å². The molecular formula is C17H24N2S. The molecule has 0 aliphatic heterocycles. The van der Waals surface area contributed by atoms with Crippen molar-refractivity contribution >= 4 is 11.3 Å². The maximum atomic E-state index is 4.59. The van der Waals surface area contributed by atoms with Crippen LogP contribution in [0.15, 0.2) is 18.2 Å². The first-order valence-electron chi connectivity index (χ1n) is 7.27. The number of benzene rings is 1. The second kappa shape index (κ2) is 6.51.